The maximum absolute atomic E-state index is 13.0. The molecule has 3 aromatic rings. The van der Waals surface area contributed by atoms with E-state index in [9.17, 15) is 9.18 Å². The van der Waals surface area contributed by atoms with Crippen molar-refractivity contribution in [1.82, 2.24) is 4.98 Å². The third-order valence-corrected chi connectivity index (χ3v) is 3.54. The molecule has 2 heterocycles. The largest absolute Gasteiger partial charge is 0.477 e. The van der Waals surface area contributed by atoms with Crippen LogP contribution in [0.3, 0.4) is 0 Å². The van der Waals surface area contributed by atoms with Crippen molar-refractivity contribution in [3.63, 3.8) is 0 Å². The molecule has 1 aromatic carbocycles. The minimum absolute atomic E-state index is 0.160. The van der Waals surface area contributed by atoms with Crippen LogP contribution in [0.4, 0.5) is 4.39 Å². The average molecular weight is 235 g/mol. The number of aromatic amines is 1. The van der Waals surface area contributed by atoms with Gasteiger partial charge >= 0.3 is 5.97 Å². The molecule has 0 aliphatic rings. The zero-order valence-corrected chi connectivity index (χ0v) is 8.77. The van der Waals surface area contributed by atoms with E-state index < -0.39 is 5.97 Å². The predicted octanol–water partition coefficient (Wildman–Crippen LogP) is 3.22. The highest BCUT2D eigenvalue weighted by molar-refractivity contribution is 7.25. The molecule has 0 atom stereocenters. The second kappa shape index (κ2) is 3.05. The molecule has 0 fully saturated rings. The van der Waals surface area contributed by atoms with Gasteiger partial charge in [0.15, 0.2) is 0 Å². The number of carboxylic acid groups (broad SMARTS) is 1. The summed E-state index contributed by atoms with van der Waals surface area (Å²) < 4.78 is 14.6. The minimum atomic E-state index is -0.987. The molecular weight excluding hydrogens is 229 g/mol. The van der Waals surface area contributed by atoms with E-state index in [1.54, 1.807) is 12.1 Å². The maximum atomic E-state index is 13.0. The summed E-state index contributed by atoms with van der Waals surface area (Å²) in [7, 11) is 0. The van der Waals surface area contributed by atoms with Gasteiger partial charge in [-0.3, -0.25) is 0 Å². The summed E-state index contributed by atoms with van der Waals surface area (Å²) in [5, 5.41) is 9.69. The lowest BCUT2D eigenvalue weighted by atomic mass is 10.2. The van der Waals surface area contributed by atoms with Gasteiger partial charge in [-0.25, -0.2) is 9.18 Å². The van der Waals surface area contributed by atoms with Crippen LogP contribution in [0, 0.1) is 5.82 Å². The molecule has 0 spiro atoms. The zero-order valence-electron chi connectivity index (χ0n) is 7.95. The summed E-state index contributed by atoms with van der Waals surface area (Å²) in [5.74, 6) is -1.27. The fourth-order valence-electron chi connectivity index (χ4n) is 1.74. The molecule has 2 N–H and O–H groups in total. The van der Waals surface area contributed by atoms with Gasteiger partial charge in [-0.05, 0) is 24.3 Å². The number of nitrogens with one attached hydrogen (secondary N) is 1. The van der Waals surface area contributed by atoms with Crippen molar-refractivity contribution in [3.8, 4) is 0 Å². The number of carboxylic acids is 1. The quantitative estimate of drug-likeness (QED) is 0.680. The van der Waals surface area contributed by atoms with Gasteiger partial charge in [-0.1, -0.05) is 0 Å². The van der Waals surface area contributed by atoms with Crippen molar-refractivity contribution in [3.05, 3.63) is 35.8 Å². The lowest BCUT2D eigenvalue weighted by Gasteiger charge is -1.90. The first-order valence-corrected chi connectivity index (χ1v) is 5.41. The number of hydrogen-bond acceptors (Lipinski definition) is 2. The fraction of sp³-hybridized carbons (Fsp3) is 0. The van der Waals surface area contributed by atoms with Crippen LogP contribution in [0.15, 0.2) is 24.3 Å². The lowest BCUT2D eigenvalue weighted by Crippen LogP contribution is -1.94. The third-order valence-electron chi connectivity index (χ3n) is 2.44. The molecule has 0 bridgehead atoms. The Balaban J connectivity index is 2.38. The molecular formula is C11H6FNO2S. The Kier molecular flexibility index (Phi) is 1.79. The Morgan fingerprint density at radius 1 is 1.31 bits per heavy atom. The molecule has 16 heavy (non-hydrogen) atoms. The van der Waals surface area contributed by atoms with Gasteiger partial charge in [0.25, 0.3) is 0 Å². The molecule has 0 saturated carbocycles. The van der Waals surface area contributed by atoms with Crippen molar-refractivity contribution < 1.29 is 14.3 Å². The van der Waals surface area contributed by atoms with Crippen LogP contribution in [-0.2, 0) is 0 Å². The number of aromatic nitrogens is 1. The summed E-state index contributed by atoms with van der Waals surface area (Å²) in [6, 6.07) is 6.05. The summed E-state index contributed by atoms with van der Waals surface area (Å²) in [6.45, 7) is 0. The van der Waals surface area contributed by atoms with Crippen LogP contribution in [0.2, 0.25) is 0 Å². The van der Waals surface area contributed by atoms with Crippen LogP contribution in [0.1, 0.15) is 10.5 Å². The third kappa shape index (κ3) is 1.22. The van der Waals surface area contributed by atoms with Crippen LogP contribution >= 0.6 is 11.3 Å². The van der Waals surface area contributed by atoms with E-state index in [-0.39, 0.29) is 11.5 Å². The smallest absolute Gasteiger partial charge is 0.352 e. The number of rotatable bonds is 1. The topological polar surface area (TPSA) is 53.1 Å². The average Bonchev–Trinajstić information content (AvgIpc) is 2.73. The molecule has 0 amide bonds. The first-order chi connectivity index (χ1) is 7.65. The van der Waals surface area contributed by atoms with Gasteiger partial charge in [-0.2, -0.15) is 0 Å². The number of aromatic carboxylic acids is 1. The molecule has 0 unspecified atom stereocenters. The molecule has 2 aromatic heterocycles. The Hall–Kier alpha value is -1.88. The molecule has 3 rings (SSSR count). The zero-order chi connectivity index (χ0) is 11.3. The number of fused-ring (bicyclic) bond motifs is 3. The second-order valence-corrected chi connectivity index (χ2v) is 4.55. The Labute approximate surface area is 93.1 Å². The van der Waals surface area contributed by atoms with Gasteiger partial charge in [0.1, 0.15) is 11.5 Å². The van der Waals surface area contributed by atoms with Crippen LogP contribution in [0.5, 0.6) is 0 Å². The minimum Gasteiger partial charge on any atom is -0.477 e. The molecule has 0 aliphatic heterocycles. The SMILES string of the molecule is O=C(O)c1cc2sc3cc(F)ccc3c2[nH]1. The second-order valence-electron chi connectivity index (χ2n) is 3.47. The number of thiophene rings is 1. The standard InChI is InChI=1S/C11H6FNO2S/c12-5-1-2-6-8(3-5)16-9-4-7(11(14)15)13-10(6)9/h1-4,13H,(H,14,15). The van der Waals surface area contributed by atoms with Crippen LogP contribution in [0.25, 0.3) is 20.3 Å². The van der Waals surface area contributed by atoms with Crippen molar-refractivity contribution in [2.45, 2.75) is 0 Å². The van der Waals surface area contributed by atoms with Crippen LogP contribution in [-0.4, -0.2) is 16.1 Å². The fourth-order valence-corrected chi connectivity index (χ4v) is 2.87. The van der Waals surface area contributed by atoms with Crippen molar-refractivity contribution in [2.75, 3.05) is 0 Å². The van der Waals surface area contributed by atoms with E-state index in [4.69, 9.17) is 5.11 Å². The highest BCUT2D eigenvalue weighted by Crippen LogP contribution is 2.34. The Morgan fingerprint density at radius 2 is 2.12 bits per heavy atom. The number of H-pyrrole nitrogens is 1. The van der Waals surface area contributed by atoms with Crippen molar-refractivity contribution >= 4 is 37.6 Å². The van der Waals surface area contributed by atoms with Gasteiger partial charge in [-0.15, -0.1) is 11.3 Å². The van der Waals surface area contributed by atoms with E-state index in [0.29, 0.717) is 0 Å². The van der Waals surface area contributed by atoms with E-state index >= 15 is 0 Å². The van der Waals surface area contributed by atoms with E-state index in [2.05, 4.69) is 4.98 Å². The van der Waals surface area contributed by atoms with Crippen LogP contribution < -0.4 is 0 Å². The van der Waals surface area contributed by atoms with E-state index in [1.165, 1.54) is 23.5 Å². The van der Waals surface area contributed by atoms with Gasteiger partial charge in [0.2, 0.25) is 0 Å². The highest BCUT2D eigenvalue weighted by Gasteiger charge is 2.12. The van der Waals surface area contributed by atoms with Crippen molar-refractivity contribution in [2.24, 2.45) is 0 Å². The predicted molar refractivity (Wildman–Crippen MR) is 60.6 cm³/mol. The summed E-state index contributed by atoms with van der Waals surface area (Å²) in [5.41, 5.74) is 0.921. The number of hydrogen-bond donors (Lipinski definition) is 2. The Morgan fingerprint density at radius 3 is 2.88 bits per heavy atom. The summed E-state index contributed by atoms with van der Waals surface area (Å²) in [6.07, 6.45) is 0. The Bertz CT molecular complexity index is 713. The number of carbonyl (C=O) groups is 1. The molecule has 0 aliphatic carbocycles. The number of halogens is 1. The monoisotopic (exact) mass is 235 g/mol. The number of benzene rings is 1. The van der Waals surface area contributed by atoms with Gasteiger partial charge in [0, 0.05) is 10.1 Å². The lowest BCUT2D eigenvalue weighted by molar-refractivity contribution is 0.0691. The molecule has 5 heteroatoms. The van der Waals surface area contributed by atoms with Gasteiger partial charge in [0.05, 0.1) is 10.2 Å². The molecule has 80 valence electrons. The highest BCUT2D eigenvalue weighted by atomic mass is 32.1. The maximum Gasteiger partial charge on any atom is 0.352 e. The first-order valence-electron chi connectivity index (χ1n) is 4.59. The molecule has 0 saturated heterocycles. The van der Waals surface area contributed by atoms with Gasteiger partial charge < -0.3 is 10.1 Å². The van der Waals surface area contributed by atoms with E-state index in [0.717, 1.165) is 20.3 Å². The van der Waals surface area contributed by atoms with E-state index in [1.807, 2.05) is 0 Å². The van der Waals surface area contributed by atoms with Crippen molar-refractivity contribution in [1.29, 1.82) is 0 Å². The summed E-state index contributed by atoms with van der Waals surface area (Å²) in [4.78, 5) is 13.6. The first kappa shape index (κ1) is 9.35. The molecule has 0 radical (unpaired) electrons. The normalized spacial score (nSPS) is 11.3. The summed E-state index contributed by atoms with van der Waals surface area (Å²) >= 11 is 1.38. The molecule has 3 nitrogen and oxygen atoms in total.